The summed E-state index contributed by atoms with van der Waals surface area (Å²) >= 11 is 0. The fourth-order valence-electron chi connectivity index (χ4n) is 2.92. The maximum atomic E-state index is 12.7. The van der Waals surface area contributed by atoms with E-state index in [2.05, 4.69) is 5.10 Å². The van der Waals surface area contributed by atoms with E-state index in [-0.39, 0.29) is 11.7 Å². The smallest absolute Gasteiger partial charge is 0.220 e. The molecule has 1 aromatic heterocycles. The van der Waals surface area contributed by atoms with Crippen LogP contribution in [0.3, 0.4) is 0 Å². The highest BCUT2D eigenvalue weighted by atomic mass is 16.2. The second kappa shape index (κ2) is 5.63. The molecule has 2 heterocycles. The third-order valence-electron chi connectivity index (χ3n) is 4.03. The molecule has 1 fully saturated rings. The lowest BCUT2D eigenvalue weighted by Crippen LogP contribution is -2.39. The molecule has 1 saturated heterocycles. The summed E-state index contributed by atoms with van der Waals surface area (Å²) in [6, 6.07) is 8.98. The Hall–Kier alpha value is -2.63. The number of hydrogen-bond donors (Lipinski definition) is 1. The van der Waals surface area contributed by atoms with Gasteiger partial charge >= 0.3 is 0 Å². The molecule has 0 radical (unpaired) electrons. The Morgan fingerprint density at radius 3 is 2.68 bits per heavy atom. The molecule has 1 aliphatic heterocycles. The third-order valence-corrected chi connectivity index (χ3v) is 4.03. The van der Waals surface area contributed by atoms with Crippen LogP contribution in [0.15, 0.2) is 36.5 Å². The number of ketones is 1. The summed E-state index contributed by atoms with van der Waals surface area (Å²) in [6.45, 7) is 2.11. The summed E-state index contributed by atoms with van der Waals surface area (Å²) in [5, 5.41) is 4.22. The predicted molar refractivity (Wildman–Crippen MR) is 82.7 cm³/mol. The standard InChI is InChI=1S/C16H18N4O2/c1-11(21)19-9-5-8-14(19)15(22)13-10-18-20(16(13)17)12-6-3-2-4-7-12/h2-4,6-7,10,14H,5,8-9,17H2,1H3/t14-/m0/s1. The highest BCUT2D eigenvalue weighted by molar-refractivity contribution is 6.05. The molecule has 1 aliphatic rings. The number of likely N-dealkylation sites (tertiary alicyclic amines) is 1. The molecule has 1 amide bonds. The van der Waals surface area contributed by atoms with Crippen molar-refractivity contribution in [1.29, 1.82) is 0 Å². The van der Waals surface area contributed by atoms with Crippen LogP contribution in [0.5, 0.6) is 0 Å². The molecule has 6 heteroatoms. The number of Topliss-reactive ketones (excluding diaryl/α,β-unsaturated/α-hetero) is 1. The minimum atomic E-state index is -0.423. The van der Waals surface area contributed by atoms with Crippen molar-refractivity contribution in [2.45, 2.75) is 25.8 Å². The Labute approximate surface area is 128 Å². The Balaban J connectivity index is 1.91. The number of rotatable bonds is 3. The molecule has 2 aromatic rings. The predicted octanol–water partition coefficient (Wildman–Crippen LogP) is 1.65. The number of carbonyl (C=O) groups is 2. The molecular formula is C16H18N4O2. The average Bonchev–Trinajstić information content (AvgIpc) is 3.14. The number of amides is 1. The minimum absolute atomic E-state index is 0.0788. The van der Waals surface area contributed by atoms with Crippen LogP contribution < -0.4 is 5.73 Å². The monoisotopic (exact) mass is 298 g/mol. The van der Waals surface area contributed by atoms with Gasteiger partial charge in [0.05, 0.1) is 23.5 Å². The van der Waals surface area contributed by atoms with E-state index < -0.39 is 6.04 Å². The molecule has 114 valence electrons. The van der Waals surface area contributed by atoms with Crippen LogP contribution in [0.2, 0.25) is 0 Å². The van der Waals surface area contributed by atoms with E-state index in [0.29, 0.717) is 24.3 Å². The first-order chi connectivity index (χ1) is 10.6. The van der Waals surface area contributed by atoms with Crippen molar-refractivity contribution >= 4 is 17.5 Å². The Morgan fingerprint density at radius 1 is 1.27 bits per heavy atom. The number of hydrogen-bond acceptors (Lipinski definition) is 4. The highest BCUT2D eigenvalue weighted by Gasteiger charge is 2.34. The second-order valence-corrected chi connectivity index (χ2v) is 5.43. The van der Waals surface area contributed by atoms with E-state index in [9.17, 15) is 9.59 Å². The first-order valence-corrected chi connectivity index (χ1v) is 7.30. The van der Waals surface area contributed by atoms with Crippen molar-refractivity contribution in [2.75, 3.05) is 12.3 Å². The molecule has 3 rings (SSSR count). The molecular weight excluding hydrogens is 280 g/mol. The molecule has 2 N–H and O–H groups in total. The van der Waals surface area contributed by atoms with Crippen LogP contribution in [0.25, 0.3) is 5.69 Å². The fourth-order valence-corrected chi connectivity index (χ4v) is 2.92. The Kier molecular flexibility index (Phi) is 3.66. The quantitative estimate of drug-likeness (QED) is 0.874. The van der Waals surface area contributed by atoms with Gasteiger partial charge in [0.1, 0.15) is 5.82 Å². The van der Waals surface area contributed by atoms with E-state index in [1.165, 1.54) is 13.1 Å². The number of nitrogen functional groups attached to an aromatic ring is 1. The number of carbonyl (C=O) groups excluding carboxylic acids is 2. The molecule has 6 nitrogen and oxygen atoms in total. The van der Waals surface area contributed by atoms with Crippen LogP contribution in [-0.2, 0) is 4.79 Å². The van der Waals surface area contributed by atoms with Gasteiger partial charge in [-0.15, -0.1) is 0 Å². The maximum Gasteiger partial charge on any atom is 0.220 e. The van der Waals surface area contributed by atoms with E-state index in [0.717, 1.165) is 12.1 Å². The summed E-state index contributed by atoms with van der Waals surface area (Å²) in [6.07, 6.45) is 3.00. The van der Waals surface area contributed by atoms with E-state index in [1.807, 2.05) is 30.3 Å². The van der Waals surface area contributed by atoms with Gasteiger partial charge in [-0.05, 0) is 25.0 Å². The number of para-hydroxylation sites is 1. The topological polar surface area (TPSA) is 81.2 Å². The Bertz CT molecular complexity index is 708. The van der Waals surface area contributed by atoms with Crippen LogP contribution in [0, 0.1) is 0 Å². The first kappa shape index (κ1) is 14.3. The molecule has 0 saturated carbocycles. The second-order valence-electron chi connectivity index (χ2n) is 5.43. The molecule has 1 atom stereocenters. The van der Waals surface area contributed by atoms with Gasteiger partial charge in [-0.2, -0.15) is 5.10 Å². The van der Waals surface area contributed by atoms with Gasteiger partial charge in [-0.1, -0.05) is 18.2 Å². The van der Waals surface area contributed by atoms with Crippen LogP contribution >= 0.6 is 0 Å². The number of nitrogens with two attached hydrogens (primary N) is 1. The van der Waals surface area contributed by atoms with Crippen molar-refractivity contribution < 1.29 is 9.59 Å². The zero-order valence-electron chi connectivity index (χ0n) is 12.4. The molecule has 0 unspecified atom stereocenters. The van der Waals surface area contributed by atoms with Crippen molar-refractivity contribution in [3.63, 3.8) is 0 Å². The average molecular weight is 298 g/mol. The minimum Gasteiger partial charge on any atom is -0.383 e. The third kappa shape index (κ3) is 2.36. The van der Waals surface area contributed by atoms with Crippen molar-refractivity contribution in [1.82, 2.24) is 14.7 Å². The number of benzene rings is 1. The van der Waals surface area contributed by atoms with Gasteiger partial charge < -0.3 is 10.6 Å². The van der Waals surface area contributed by atoms with Gasteiger partial charge in [0.25, 0.3) is 0 Å². The zero-order valence-corrected chi connectivity index (χ0v) is 12.4. The highest BCUT2D eigenvalue weighted by Crippen LogP contribution is 2.25. The lowest BCUT2D eigenvalue weighted by atomic mass is 10.0. The Morgan fingerprint density at radius 2 is 2.00 bits per heavy atom. The summed E-state index contributed by atoms with van der Waals surface area (Å²) < 4.78 is 1.54. The van der Waals surface area contributed by atoms with Crippen molar-refractivity contribution in [3.05, 3.63) is 42.1 Å². The molecule has 22 heavy (non-hydrogen) atoms. The lowest BCUT2D eigenvalue weighted by Gasteiger charge is -2.21. The van der Waals surface area contributed by atoms with Crippen molar-refractivity contribution in [3.8, 4) is 5.69 Å². The number of aromatic nitrogens is 2. The van der Waals surface area contributed by atoms with E-state index in [1.54, 1.807) is 9.58 Å². The SMILES string of the molecule is CC(=O)N1CCC[C@H]1C(=O)c1cnn(-c2ccccc2)c1N. The first-order valence-electron chi connectivity index (χ1n) is 7.30. The molecule has 0 aliphatic carbocycles. The zero-order chi connectivity index (χ0) is 15.7. The van der Waals surface area contributed by atoms with Gasteiger partial charge in [0.15, 0.2) is 5.78 Å². The van der Waals surface area contributed by atoms with Crippen LogP contribution in [-0.4, -0.2) is 39.0 Å². The molecule has 1 aromatic carbocycles. The largest absolute Gasteiger partial charge is 0.383 e. The normalized spacial score (nSPS) is 17.7. The fraction of sp³-hybridized carbons (Fsp3) is 0.312. The van der Waals surface area contributed by atoms with Gasteiger partial charge in [0.2, 0.25) is 5.91 Å². The van der Waals surface area contributed by atoms with Crippen LogP contribution in [0.4, 0.5) is 5.82 Å². The van der Waals surface area contributed by atoms with Gasteiger partial charge in [0, 0.05) is 13.5 Å². The number of nitrogens with zero attached hydrogens (tertiary/aromatic N) is 3. The lowest BCUT2D eigenvalue weighted by molar-refractivity contribution is -0.128. The van der Waals surface area contributed by atoms with E-state index in [4.69, 9.17) is 5.73 Å². The summed E-state index contributed by atoms with van der Waals surface area (Å²) in [5.41, 5.74) is 7.28. The maximum absolute atomic E-state index is 12.7. The van der Waals surface area contributed by atoms with Crippen LogP contribution in [0.1, 0.15) is 30.1 Å². The summed E-state index contributed by atoms with van der Waals surface area (Å²) in [4.78, 5) is 25.9. The van der Waals surface area contributed by atoms with Gasteiger partial charge in [-0.25, -0.2) is 4.68 Å². The van der Waals surface area contributed by atoms with Gasteiger partial charge in [-0.3, -0.25) is 9.59 Å². The molecule has 0 spiro atoms. The summed E-state index contributed by atoms with van der Waals surface area (Å²) in [7, 11) is 0. The van der Waals surface area contributed by atoms with Crippen molar-refractivity contribution in [2.24, 2.45) is 0 Å². The summed E-state index contributed by atoms with van der Waals surface area (Å²) in [5.74, 6) is 0.101. The molecule has 0 bridgehead atoms. The van der Waals surface area contributed by atoms with E-state index >= 15 is 0 Å². The number of anilines is 1.